The van der Waals surface area contributed by atoms with Gasteiger partial charge in [0.1, 0.15) is 5.75 Å². The minimum absolute atomic E-state index is 0.257. The molecule has 0 fully saturated rings. The minimum atomic E-state index is 0.257. The number of rotatable bonds is 2. The first-order chi connectivity index (χ1) is 15.5. The number of phenolic OH excluding ortho intramolecular Hbond substituents is 1. The summed E-state index contributed by atoms with van der Waals surface area (Å²) in [5.41, 5.74) is 10.7. The summed E-state index contributed by atoms with van der Waals surface area (Å²) in [5, 5.41) is 10.5. The van der Waals surface area contributed by atoms with Gasteiger partial charge in [-0.2, -0.15) is 0 Å². The van der Waals surface area contributed by atoms with E-state index in [0.29, 0.717) is 0 Å². The van der Waals surface area contributed by atoms with Gasteiger partial charge in [0.2, 0.25) is 0 Å². The number of phenols is 1. The Kier molecular flexibility index (Phi) is 5.18. The first-order valence-electron chi connectivity index (χ1n) is 11.1. The predicted molar refractivity (Wildman–Crippen MR) is 137 cm³/mol. The third-order valence-corrected chi connectivity index (χ3v) is 7.31. The van der Waals surface area contributed by atoms with Crippen molar-refractivity contribution in [2.75, 3.05) is 0 Å². The van der Waals surface area contributed by atoms with E-state index in [4.69, 9.17) is 9.98 Å². The zero-order valence-electron chi connectivity index (χ0n) is 18.9. The molecular formula is C28H26N2OS. The van der Waals surface area contributed by atoms with Gasteiger partial charge in [-0.05, 0) is 103 Å². The number of hydrogen-bond donors (Lipinski definition) is 1. The number of thiophene rings is 1. The zero-order chi connectivity index (χ0) is 22.4. The molecule has 8 bridgehead atoms. The van der Waals surface area contributed by atoms with Crippen molar-refractivity contribution in [1.82, 2.24) is 0 Å². The van der Waals surface area contributed by atoms with Gasteiger partial charge in [0.15, 0.2) is 0 Å². The lowest BCUT2D eigenvalue weighted by molar-refractivity contribution is 0.474. The lowest BCUT2D eigenvalue weighted by Gasteiger charge is -2.05. The molecule has 2 aromatic rings. The lowest BCUT2D eigenvalue weighted by atomic mass is 10.0. The van der Waals surface area contributed by atoms with Gasteiger partial charge in [0, 0.05) is 14.6 Å². The zero-order valence-corrected chi connectivity index (χ0v) is 19.7. The summed E-state index contributed by atoms with van der Waals surface area (Å²) in [6.07, 6.45) is 10.3. The summed E-state index contributed by atoms with van der Waals surface area (Å²) in [7, 11) is 0. The maximum Gasteiger partial charge on any atom is 0.122 e. The normalized spacial score (nSPS) is 17.5. The Morgan fingerprint density at radius 3 is 1.88 bits per heavy atom. The van der Waals surface area contributed by atoms with Gasteiger partial charge < -0.3 is 5.11 Å². The molecule has 3 aliphatic rings. The second-order valence-corrected chi connectivity index (χ2v) is 9.46. The van der Waals surface area contributed by atoms with Crippen LogP contribution in [0.5, 0.6) is 5.75 Å². The Hall–Kier alpha value is -3.24. The van der Waals surface area contributed by atoms with Crippen LogP contribution in [0.25, 0.3) is 24.3 Å². The number of aromatic hydroxyl groups is 1. The first kappa shape index (κ1) is 20.7. The summed E-state index contributed by atoms with van der Waals surface area (Å²) < 4.78 is 2.38. The number of allylic oxidation sites excluding steroid dienone is 4. The number of aliphatic imine (C=N–C) groups is 2. The Bertz CT molecular complexity index is 1450. The van der Waals surface area contributed by atoms with Crippen molar-refractivity contribution in [3.63, 3.8) is 0 Å². The van der Waals surface area contributed by atoms with Crippen molar-refractivity contribution in [3.8, 4) is 5.75 Å². The molecule has 0 unspecified atom stereocenters. The van der Waals surface area contributed by atoms with Crippen LogP contribution in [-0.4, -0.2) is 16.5 Å². The quantitative estimate of drug-likeness (QED) is 0.635. The van der Waals surface area contributed by atoms with Gasteiger partial charge in [-0.1, -0.05) is 19.9 Å². The Labute approximate surface area is 192 Å². The standard InChI is InChI=1S/C28H26N2OS/c1-5-22-16(3)24-12-18-7-10-28(31)19(11-18)13-25-17(4)23(6-2)27(30-25)15-21-9-8-20(32-21)14-26(22)29-24/h7-15,31H,5-6H2,1-4H3. The second-order valence-electron chi connectivity index (χ2n) is 8.31. The fourth-order valence-corrected chi connectivity index (χ4v) is 5.43. The molecule has 3 nitrogen and oxygen atoms in total. The highest BCUT2D eigenvalue weighted by Gasteiger charge is 2.20. The van der Waals surface area contributed by atoms with Crippen molar-refractivity contribution in [1.29, 1.82) is 0 Å². The molecule has 0 amide bonds. The highest BCUT2D eigenvalue weighted by Crippen LogP contribution is 2.33. The van der Waals surface area contributed by atoms with Gasteiger partial charge in [-0.15, -0.1) is 11.3 Å². The molecule has 0 saturated carbocycles. The van der Waals surface area contributed by atoms with E-state index in [1.165, 1.54) is 31.4 Å². The molecule has 1 aromatic heterocycles. The molecule has 5 rings (SSSR count). The molecule has 160 valence electrons. The molecule has 4 heterocycles. The summed E-state index contributed by atoms with van der Waals surface area (Å²) in [5.74, 6) is 0.257. The molecule has 0 saturated heterocycles. The number of hydrogen-bond acceptors (Lipinski definition) is 4. The molecule has 4 heteroatoms. The molecule has 1 aromatic carbocycles. The van der Waals surface area contributed by atoms with Crippen LogP contribution < -0.4 is 9.06 Å². The molecule has 0 aliphatic carbocycles. The minimum Gasteiger partial charge on any atom is -0.507 e. The summed E-state index contributed by atoms with van der Waals surface area (Å²) in [6, 6.07) is 10.0. The highest BCUT2D eigenvalue weighted by molar-refractivity contribution is 7.08. The molecule has 32 heavy (non-hydrogen) atoms. The largest absolute Gasteiger partial charge is 0.507 e. The third kappa shape index (κ3) is 3.55. The fraction of sp³-hybridized carbons (Fsp3) is 0.214. The monoisotopic (exact) mass is 438 g/mol. The van der Waals surface area contributed by atoms with Crippen LogP contribution in [0.1, 0.15) is 51.7 Å². The molecule has 3 aliphatic heterocycles. The van der Waals surface area contributed by atoms with Crippen molar-refractivity contribution in [2.24, 2.45) is 9.98 Å². The first-order valence-corrected chi connectivity index (χ1v) is 11.9. The van der Waals surface area contributed by atoms with E-state index in [0.717, 1.165) is 46.8 Å². The van der Waals surface area contributed by atoms with Gasteiger partial charge in [-0.25, -0.2) is 9.98 Å². The van der Waals surface area contributed by atoms with Gasteiger partial charge >= 0.3 is 0 Å². The van der Waals surface area contributed by atoms with Crippen LogP contribution >= 0.6 is 11.3 Å². The summed E-state index contributed by atoms with van der Waals surface area (Å²) in [4.78, 5) is 9.92. The topological polar surface area (TPSA) is 45.0 Å². The Morgan fingerprint density at radius 1 is 0.750 bits per heavy atom. The van der Waals surface area contributed by atoms with E-state index in [-0.39, 0.29) is 5.75 Å². The molecule has 0 radical (unpaired) electrons. The van der Waals surface area contributed by atoms with E-state index < -0.39 is 0 Å². The van der Waals surface area contributed by atoms with Gasteiger partial charge in [0.25, 0.3) is 0 Å². The number of fused-ring (bicyclic) bond motifs is 6. The van der Waals surface area contributed by atoms with Crippen molar-refractivity contribution in [3.05, 3.63) is 84.2 Å². The average molecular weight is 439 g/mol. The Balaban J connectivity index is 1.81. The molecule has 0 atom stereocenters. The van der Waals surface area contributed by atoms with Gasteiger partial charge in [-0.3, -0.25) is 0 Å². The van der Waals surface area contributed by atoms with Crippen LogP contribution in [-0.2, 0) is 0 Å². The van der Waals surface area contributed by atoms with E-state index >= 15 is 0 Å². The van der Waals surface area contributed by atoms with Crippen molar-refractivity contribution < 1.29 is 5.11 Å². The second kappa shape index (κ2) is 8.03. The Morgan fingerprint density at radius 2 is 1.31 bits per heavy atom. The van der Waals surface area contributed by atoms with Crippen LogP contribution in [0.3, 0.4) is 0 Å². The van der Waals surface area contributed by atoms with Crippen LogP contribution in [0.2, 0.25) is 0 Å². The maximum absolute atomic E-state index is 10.5. The van der Waals surface area contributed by atoms with Crippen molar-refractivity contribution in [2.45, 2.75) is 40.5 Å². The van der Waals surface area contributed by atoms with Crippen LogP contribution in [0.4, 0.5) is 0 Å². The number of benzene rings is 1. The molecule has 0 spiro atoms. The van der Waals surface area contributed by atoms with E-state index in [1.807, 2.05) is 18.2 Å². The van der Waals surface area contributed by atoms with E-state index in [1.54, 1.807) is 17.4 Å². The smallest absolute Gasteiger partial charge is 0.122 e. The van der Waals surface area contributed by atoms with Crippen LogP contribution in [0.15, 0.2) is 74.0 Å². The highest BCUT2D eigenvalue weighted by atomic mass is 32.1. The third-order valence-electron chi connectivity index (χ3n) is 6.33. The van der Waals surface area contributed by atoms with E-state index in [9.17, 15) is 5.11 Å². The SMILES string of the molecule is CCC1=C(C)C2=Cc3ccc(O)c(c3)C=C3N=C(C=c4ccc(s4)=CC1=N2)C(CC)=C3C. The average Bonchev–Trinajstić information content (AvgIpc) is 3.41. The lowest BCUT2D eigenvalue weighted by Crippen LogP contribution is -2.03. The van der Waals surface area contributed by atoms with Gasteiger partial charge in [0.05, 0.1) is 22.8 Å². The van der Waals surface area contributed by atoms with E-state index in [2.05, 4.69) is 58.1 Å². The summed E-state index contributed by atoms with van der Waals surface area (Å²) in [6.45, 7) is 8.62. The maximum atomic E-state index is 10.5. The van der Waals surface area contributed by atoms with Crippen molar-refractivity contribution >= 4 is 47.1 Å². The molecule has 1 N–H and O–H groups in total. The summed E-state index contributed by atoms with van der Waals surface area (Å²) >= 11 is 1.76. The predicted octanol–water partition coefficient (Wildman–Crippen LogP) is 5.77. The number of nitrogens with zero attached hydrogens (tertiary/aromatic N) is 2. The van der Waals surface area contributed by atoms with Crippen LogP contribution in [0, 0.1) is 0 Å². The molecular weight excluding hydrogens is 412 g/mol. The fourth-order valence-electron chi connectivity index (χ4n) is 4.54.